The first-order valence-electron chi connectivity index (χ1n) is 11.7. The molecule has 0 radical (unpaired) electrons. The first-order chi connectivity index (χ1) is 17.3. The summed E-state index contributed by atoms with van der Waals surface area (Å²) < 4.78 is 39.7. The molecule has 0 aromatic heterocycles. The zero-order valence-electron chi connectivity index (χ0n) is 22.4. The number of carbonyl (C=O) groups excluding carboxylic acids is 1. The Bertz CT molecular complexity index is 933. The van der Waals surface area contributed by atoms with Crippen molar-refractivity contribution in [1.29, 1.82) is 0 Å². The minimum Gasteiger partial charge on any atom is -0.493 e. The van der Waals surface area contributed by atoms with Crippen LogP contribution in [0.25, 0.3) is 0 Å². The van der Waals surface area contributed by atoms with E-state index in [2.05, 4.69) is 0 Å². The van der Waals surface area contributed by atoms with Crippen LogP contribution in [0.15, 0.2) is 24.3 Å². The first kappa shape index (κ1) is 27.3. The lowest BCUT2D eigenvalue weighted by molar-refractivity contribution is -0.136. The molecule has 2 atom stereocenters. The third-order valence-corrected chi connectivity index (χ3v) is 6.71. The molecule has 0 N–H and O–H groups in total. The molecule has 0 heterocycles. The van der Waals surface area contributed by atoms with Crippen LogP contribution < -0.4 is 28.4 Å². The van der Waals surface area contributed by atoms with E-state index in [9.17, 15) is 4.79 Å². The van der Waals surface area contributed by atoms with Crippen molar-refractivity contribution in [2.24, 2.45) is 0 Å². The van der Waals surface area contributed by atoms with Crippen molar-refractivity contribution < 1.29 is 38.0 Å². The van der Waals surface area contributed by atoms with Gasteiger partial charge in [-0.05, 0) is 48.2 Å². The Morgan fingerprint density at radius 3 is 1.33 bits per heavy atom. The molecule has 9 heteroatoms. The quantitative estimate of drug-likeness (QED) is 0.457. The Morgan fingerprint density at radius 1 is 0.694 bits per heavy atom. The number of methoxy groups -OCH3 is 6. The molecule has 1 amide bonds. The lowest BCUT2D eigenvalue weighted by Crippen LogP contribution is -2.31. The largest absolute Gasteiger partial charge is 0.493 e. The lowest BCUT2D eigenvalue weighted by atomic mass is 9.89. The highest BCUT2D eigenvalue weighted by Crippen LogP contribution is 2.51. The molecular formula is C27H37NO8. The van der Waals surface area contributed by atoms with Gasteiger partial charge in [0.05, 0.1) is 48.8 Å². The number of hydrogen-bond donors (Lipinski definition) is 0. The number of benzene rings is 2. The van der Waals surface area contributed by atoms with Crippen LogP contribution in [0.1, 0.15) is 35.8 Å². The van der Waals surface area contributed by atoms with E-state index < -0.39 is 0 Å². The van der Waals surface area contributed by atoms with Gasteiger partial charge in [0.25, 0.3) is 0 Å². The van der Waals surface area contributed by atoms with Gasteiger partial charge in [0.2, 0.25) is 17.4 Å². The number of rotatable bonds is 11. The van der Waals surface area contributed by atoms with E-state index in [1.807, 2.05) is 24.3 Å². The molecule has 36 heavy (non-hydrogen) atoms. The average molecular weight is 504 g/mol. The van der Waals surface area contributed by atoms with Crippen molar-refractivity contribution in [3.8, 4) is 34.5 Å². The molecule has 2 aromatic rings. The molecule has 3 rings (SSSR count). The summed E-state index contributed by atoms with van der Waals surface area (Å²) in [7, 11) is 13.0. The molecule has 0 spiro atoms. The van der Waals surface area contributed by atoms with Gasteiger partial charge in [-0.3, -0.25) is 4.79 Å². The predicted molar refractivity (Wildman–Crippen MR) is 135 cm³/mol. The van der Waals surface area contributed by atoms with Gasteiger partial charge in [-0.15, -0.1) is 0 Å². The highest BCUT2D eigenvalue weighted by Gasteiger charge is 2.40. The molecule has 0 saturated heterocycles. The minimum atomic E-state index is -0.292. The van der Waals surface area contributed by atoms with Crippen LogP contribution >= 0.6 is 0 Å². The fourth-order valence-corrected chi connectivity index (χ4v) is 4.84. The lowest BCUT2D eigenvalue weighted by Gasteiger charge is -2.28. The smallest absolute Gasteiger partial charge is 0.248 e. The maximum atomic E-state index is 12.4. The zero-order valence-corrected chi connectivity index (χ0v) is 22.4. The second-order valence-corrected chi connectivity index (χ2v) is 8.77. The normalized spacial score (nSPS) is 17.4. The molecule has 0 bridgehead atoms. The average Bonchev–Trinajstić information content (AvgIpc) is 3.33. The Hall–Kier alpha value is -3.33. The minimum absolute atomic E-state index is 0.0160. The van der Waals surface area contributed by atoms with Crippen molar-refractivity contribution in [1.82, 2.24) is 4.90 Å². The fraction of sp³-hybridized carbons (Fsp3) is 0.519. The second-order valence-electron chi connectivity index (χ2n) is 8.77. The fourth-order valence-electron chi connectivity index (χ4n) is 4.84. The van der Waals surface area contributed by atoms with Crippen molar-refractivity contribution in [3.05, 3.63) is 35.4 Å². The Balaban J connectivity index is 2.07. The molecule has 0 unspecified atom stereocenters. The van der Waals surface area contributed by atoms with E-state index in [0.717, 1.165) is 24.0 Å². The van der Waals surface area contributed by atoms with Crippen molar-refractivity contribution in [2.75, 3.05) is 63.4 Å². The highest BCUT2D eigenvalue weighted by atomic mass is 16.5. The standard InChI is InChI=1S/C27H37NO8/c1-28(2)24(29)15-36-25-18(16-11-20(30-3)26(34-7)21(12-16)31-4)9-10-19(25)17-13-22(32-5)27(35-8)23(14-17)33-6/h11-14,18-19,25H,9-10,15H2,1-8H3/t18-,19-/m1/s1. The van der Waals surface area contributed by atoms with Crippen LogP contribution in [0.5, 0.6) is 34.5 Å². The van der Waals surface area contributed by atoms with E-state index in [-0.39, 0.29) is 30.5 Å². The van der Waals surface area contributed by atoms with Gasteiger partial charge in [0.1, 0.15) is 6.61 Å². The zero-order chi connectivity index (χ0) is 26.4. The number of amides is 1. The molecular weight excluding hydrogens is 466 g/mol. The van der Waals surface area contributed by atoms with Gasteiger partial charge >= 0.3 is 0 Å². The Morgan fingerprint density at radius 2 is 1.06 bits per heavy atom. The molecule has 1 aliphatic rings. The first-order valence-corrected chi connectivity index (χ1v) is 11.7. The summed E-state index contributed by atoms with van der Waals surface area (Å²) >= 11 is 0. The molecule has 0 aliphatic heterocycles. The molecule has 1 aliphatic carbocycles. The van der Waals surface area contributed by atoms with E-state index in [4.69, 9.17) is 33.2 Å². The predicted octanol–water partition coefficient (Wildman–Crippen LogP) is 3.87. The van der Waals surface area contributed by atoms with Crippen molar-refractivity contribution in [2.45, 2.75) is 30.8 Å². The van der Waals surface area contributed by atoms with Gasteiger partial charge < -0.3 is 38.1 Å². The van der Waals surface area contributed by atoms with Gasteiger partial charge in [-0.2, -0.15) is 0 Å². The maximum Gasteiger partial charge on any atom is 0.248 e. The van der Waals surface area contributed by atoms with E-state index in [1.54, 1.807) is 56.8 Å². The summed E-state index contributed by atoms with van der Waals surface area (Å²) in [4.78, 5) is 14.0. The van der Waals surface area contributed by atoms with Crippen LogP contribution in [-0.2, 0) is 9.53 Å². The monoisotopic (exact) mass is 503 g/mol. The van der Waals surface area contributed by atoms with E-state index in [0.29, 0.717) is 34.5 Å². The third kappa shape index (κ3) is 5.41. The van der Waals surface area contributed by atoms with E-state index in [1.165, 1.54) is 4.90 Å². The Labute approximate surface area is 213 Å². The molecule has 9 nitrogen and oxygen atoms in total. The molecule has 198 valence electrons. The van der Waals surface area contributed by atoms with E-state index >= 15 is 0 Å². The van der Waals surface area contributed by atoms with Crippen LogP contribution in [0, 0.1) is 0 Å². The van der Waals surface area contributed by atoms with Crippen molar-refractivity contribution >= 4 is 5.91 Å². The third-order valence-electron chi connectivity index (χ3n) is 6.71. The summed E-state index contributed by atoms with van der Waals surface area (Å²) in [5.74, 6) is 3.23. The SMILES string of the molecule is COc1cc([C@H]2CC[C@H](c3cc(OC)c(OC)c(OC)c3)C2OCC(=O)N(C)C)cc(OC)c1OC. The summed E-state index contributed by atoms with van der Waals surface area (Å²) in [6, 6.07) is 7.81. The summed E-state index contributed by atoms with van der Waals surface area (Å²) in [6.45, 7) is -0.0283. The summed E-state index contributed by atoms with van der Waals surface area (Å²) in [6.07, 6.45) is 1.38. The number of ether oxygens (including phenoxy) is 7. The topological polar surface area (TPSA) is 84.9 Å². The van der Waals surface area contributed by atoms with Crippen LogP contribution in [0.2, 0.25) is 0 Å². The van der Waals surface area contributed by atoms with Crippen molar-refractivity contribution in [3.63, 3.8) is 0 Å². The second kappa shape index (κ2) is 12.1. The molecule has 1 fully saturated rings. The van der Waals surface area contributed by atoms with Gasteiger partial charge in [0, 0.05) is 25.9 Å². The Kier molecular flexibility index (Phi) is 9.14. The van der Waals surface area contributed by atoms with Gasteiger partial charge in [-0.25, -0.2) is 0 Å². The highest BCUT2D eigenvalue weighted by molar-refractivity contribution is 5.76. The molecule has 2 aromatic carbocycles. The summed E-state index contributed by atoms with van der Waals surface area (Å²) in [5, 5.41) is 0. The summed E-state index contributed by atoms with van der Waals surface area (Å²) in [5.41, 5.74) is 1.98. The van der Waals surface area contributed by atoms with Gasteiger partial charge in [0.15, 0.2) is 23.0 Å². The van der Waals surface area contributed by atoms with Gasteiger partial charge in [-0.1, -0.05) is 0 Å². The number of carbonyl (C=O) groups is 1. The number of likely N-dealkylation sites (N-methyl/N-ethyl adjacent to an activating group) is 1. The number of nitrogens with zero attached hydrogens (tertiary/aromatic N) is 1. The van der Waals surface area contributed by atoms with Crippen LogP contribution in [-0.4, -0.2) is 80.3 Å². The number of hydrogen-bond acceptors (Lipinski definition) is 8. The maximum absolute atomic E-state index is 12.4. The molecule has 1 saturated carbocycles. The van der Waals surface area contributed by atoms with Crippen LogP contribution in [0.4, 0.5) is 0 Å². The van der Waals surface area contributed by atoms with Crippen LogP contribution in [0.3, 0.4) is 0 Å².